The quantitative estimate of drug-likeness (QED) is 0.358. The third-order valence-corrected chi connectivity index (χ3v) is 6.34. The summed E-state index contributed by atoms with van der Waals surface area (Å²) < 4.78 is 6.89. The largest absolute Gasteiger partial charge is 0.507 e. The standard InChI is InChI=1S/C23H26N6O3/c24-19-13-20(30)18(12-17(19)21(25)14-2-1-3-14)22-26-27-23(31)29(22)16-6-4-15(5-7-16)28-8-10-32-11-9-28/h4-7,12-14,25,30H,1-3,8-11,24H2,(H,27,31). The molecule has 0 radical (unpaired) electrons. The van der Waals surface area contributed by atoms with E-state index in [1.165, 1.54) is 10.6 Å². The van der Waals surface area contributed by atoms with E-state index in [9.17, 15) is 10.2 Å². The van der Waals surface area contributed by atoms with E-state index < -0.39 is 0 Å². The van der Waals surface area contributed by atoms with Crippen LogP contribution in [0.4, 0.5) is 11.4 Å². The van der Waals surface area contributed by atoms with Gasteiger partial charge in [-0.15, -0.1) is 5.10 Å². The number of aromatic nitrogens is 3. The normalized spacial score (nSPS) is 16.7. The summed E-state index contributed by atoms with van der Waals surface area (Å²) in [5.41, 5.74) is 9.62. The topological polar surface area (TPSA) is 134 Å². The first-order valence-corrected chi connectivity index (χ1v) is 10.8. The Kier molecular flexibility index (Phi) is 5.18. The van der Waals surface area contributed by atoms with Gasteiger partial charge in [0.15, 0.2) is 5.82 Å². The van der Waals surface area contributed by atoms with Gasteiger partial charge in [-0.2, -0.15) is 0 Å². The van der Waals surface area contributed by atoms with E-state index in [0.717, 1.165) is 38.0 Å². The van der Waals surface area contributed by atoms with Crippen LogP contribution in [0.2, 0.25) is 0 Å². The van der Waals surface area contributed by atoms with Gasteiger partial charge in [0.1, 0.15) is 5.75 Å². The molecule has 1 aliphatic carbocycles. The highest BCUT2D eigenvalue weighted by Gasteiger charge is 2.27. The number of ether oxygens (including phenoxy) is 1. The zero-order chi connectivity index (χ0) is 22.2. The number of phenols is 1. The van der Waals surface area contributed by atoms with Gasteiger partial charge in [-0.25, -0.2) is 4.57 Å². The number of morpholine rings is 1. The molecule has 0 bridgehead atoms. The first-order valence-electron chi connectivity index (χ1n) is 10.8. The Morgan fingerprint density at radius 1 is 1.03 bits per heavy atom. The van der Waals surface area contributed by atoms with Crippen molar-refractivity contribution in [2.45, 2.75) is 19.3 Å². The van der Waals surface area contributed by atoms with Crippen molar-refractivity contribution in [1.29, 1.82) is 5.41 Å². The molecule has 9 nitrogen and oxygen atoms in total. The van der Waals surface area contributed by atoms with Gasteiger partial charge in [0.2, 0.25) is 0 Å². The van der Waals surface area contributed by atoms with Crippen LogP contribution in [0.25, 0.3) is 17.1 Å². The van der Waals surface area contributed by atoms with Crippen molar-refractivity contribution in [2.24, 2.45) is 5.92 Å². The molecule has 0 atom stereocenters. The summed E-state index contributed by atoms with van der Waals surface area (Å²) in [4.78, 5) is 2.24. The fourth-order valence-electron chi connectivity index (χ4n) is 4.26. The summed E-state index contributed by atoms with van der Waals surface area (Å²) in [7, 11) is 0. The van der Waals surface area contributed by atoms with E-state index in [-0.39, 0.29) is 23.5 Å². The van der Waals surface area contributed by atoms with Gasteiger partial charge in [0.05, 0.1) is 24.5 Å². The summed E-state index contributed by atoms with van der Waals surface area (Å²) in [5, 5.41) is 37.5. The molecular formula is C23H26N6O3. The zero-order valence-electron chi connectivity index (χ0n) is 17.7. The van der Waals surface area contributed by atoms with E-state index in [2.05, 4.69) is 15.1 Å². The smallest absolute Gasteiger partial charge is 0.319 e. The fraction of sp³-hybridized carbons (Fsp3) is 0.348. The van der Waals surface area contributed by atoms with Crippen molar-refractivity contribution in [1.82, 2.24) is 14.8 Å². The average molecular weight is 435 g/mol. The summed E-state index contributed by atoms with van der Waals surface area (Å²) in [6.07, 6.45) is 3.06. The molecular weight excluding hydrogens is 408 g/mol. The zero-order valence-corrected chi connectivity index (χ0v) is 17.7. The third-order valence-electron chi connectivity index (χ3n) is 6.34. The van der Waals surface area contributed by atoms with Crippen LogP contribution in [0.3, 0.4) is 0 Å². The molecule has 32 heavy (non-hydrogen) atoms. The maximum Gasteiger partial charge on any atom is 0.319 e. The lowest BCUT2D eigenvalue weighted by molar-refractivity contribution is 0.122. The Labute approximate surface area is 185 Å². The minimum atomic E-state index is -0.286. The number of phenolic OH excluding ortho intramolecular Hbond substituents is 1. The molecule has 166 valence electrons. The summed E-state index contributed by atoms with van der Waals surface area (Å²) in [6, 6.07) is 10.5. The number of rotatable bonds is 5. The van der Waals surface area contributed by atoms with Gasteiger partial charge in [-0.05, 0) is 43.2 Å². The molecule has 1 saturated heterocycles. The van der Waals surface area contributed by atoms with Crippen LogP contribution in [-0.4, -0.2) is 57.0 Å². The predicted molar refractivity (Wildman–Crippen MR) is 122 cm³/mol. The first kappa shape index (κ1) is 20.3. The highest BCUT2D eigenvalue weighted by molar-refractivity contribution is 6.05. The van der Waals surface area contributed by atoms with Crippen molar-refractivity contribution in [2.75, 3.05) is 36.9 Å². The van der Waals surface area contributed by atoms with Gasteiger partial charge < -0.3 is 31.0 Å². The molecule has 2 aliphatic rings. The van der Waals surface area contributed by atoms with Crippen LogP contribution >= 0.6 is 0 Å². The Hall–Kier alpha value is -3.59. The lowest BCUT2D eigenvalue weighted by Crippen LogP contribution is -2.36. The lowest BCUT2D eigenvalue weighted by atomic mass is 9.79. The van der Waals surface area contributed by atoms with Crippen molar-refractivity contribution in [3.63, 3.8) is 0 Å². The number of benzene rings is 2. The molecule has 0 amide bonds. The van der Waals surface area contributed by atoms with E-state index in [1.807, 2.05) is 24.3 Å². The summed E-state index contributed by atoms with van der Waals surface area (Å²) >= 11 is 0. The number of hydrogen-bond acceptors (Lipinski definition) is 8. The highest BCUT2D eigenvalue weighted by atomic mass is 16.5. The maximum absolute atomic E-state index is 10.6. The van der Waals surface area contributed by atoms with E-state index in [0.29, 0.717) is 41.4 Å². The van der Waals surface area contributed by atoms with Crippen molar-refractivity contribution < 1.29 is 14.9 Å². The second kappa shape index (κ2) is 8.16. The van der Waals surface area contributed by atoms with Gasteiger partial charge in [0.25, 0.3) is 0 Å². The number of nitrogens with zero attached hydrogens (tertiary/aromatic N) is 4. The molecule has 1 saturated carbocycles. The predicted octanol–water partition coefficient (Wildman–Crippen LogP) is 2.93. The molecule has 5 N–H and O–H groups in total. The molecule has 2 fully saturated rings. The number of nitrogen functional groups attached to an aromatic ring is 1. The Bertz CT molecular complexity index is 1150. The SMILES string of the molecule is N=C(c1cc(-c2nnc(O)n2-c2ccc(N3CCOCC3)cc2)c(O)cc1N)C1CCC1. The van der Waals surface area contributed by atoms with Gasteiger partial charge >= 0.3 is 6.01 Å². The maximum atomic E-state index is 10.6. The van der Waals surface area contributed by atoms with E-state index in [1.54, 1.807) is 6.07 Å². The number of aromatic hydroxyl groups is 2. The Balaban J connectivity index is 1.52. The van der Waals surface area contributed by atoms with Crippen LogP contribution < -0.4 is 10.6 Å². The summed E-state index contributed by atoms with van der Waals surface area (Å²) in [5.74, 6) is 0.390. The Morgan fingerprint density at radius 2 is 1.72 bits per heavy atom. The van der Waals surface area contributed by atoms with E-state index >= 15 is 0 Å². The minimum Gasteiger partial charge on any atom is -0.507 e. The molecule has 1 aromatic heterocycles. The van der Waals surface area contributed by atoms with Gasteiger partial charge in [-0.1, -0.05) is 11.5 Å². The average Bonchev–Trinajstić information content (AvgIpc) is 3.14. The summed E-state index contributed by atoms with van der Waals surface area (Å²) in [6.45, 7) is 3.06. The molecule has 3 aromatic rings. The van der Waals surface area contributed by atoms with Crippen molar-refractivity contribution in [3.05, 3.63) is 42.0 Å². The van der Waals surface area contributed by atoms with Crippen LogP contribution in [-0.2, 0) is 4.74 Å². The van der Waals surface area contributed by atoms with Crippen molar-refractivity contribution >= 4 is 17.1 Å². The molecule has 0 spiro atoms. The van der Waals surface area contributed by atoms with Gasteiger partial charge in [-0.3, -0.25) is 0 Å². The number of anilines is 2. The second-order valence-corrected chi connectivity index (χ2v) is 8.27. The van der Waals surface area contributed by atoms with Crippen LogP contribution in [0.5, 0.6) is 11.8 Å². The van der Waals surface area contributed by atoms with Crippen LogP contribution in [0.1, 0.15) is 24.8 Å². The molecule has 9 heteroatoms. The number of nitrogens with two attached hydrogens (primary N) is 1. The highest BCUT2D eigenvalue weighted by Crippen LogP contribution is 2.38. The van der Waals surface area contributed by atoms with Crippen molar-refractivity contribution in [3.8, 4) is 28.8 Å². The number of hydrogen-bond donors (Lipinski definition) is 4. The minimum absolute atomic E-state index is 0.0775. The van der Waals surface area contributed by atoms with Crippen LogP contribution in [0, 0.1) is 11.3 Å². The van der Waals surface area contributed by atoms with Gasteiger partial charge in [0, 0.05) is 47.7 Å². The van der Waals surface area contributed by atoms with Crippen LogP contribution in [0.15, 0.2) is 36.4 Å². The fourth-order valence-corrected chi connectivity index (χ4v) is 4.26. The first-order chi connectivity index (χ1) is 15.5. The Morgan fingerprint density at radius 3 is 2.38 bits per heavy atom. The lowest BCUT2D eigenvalue weighted by Gasteiger charge is -2.29. The molecule has 5 rings (SSSR count). The molecule has 2 heterocycles. The second-order valence-electron chi connectivity index (χ2n) is 8.27. The van der Waals surface area contributed by atoms with E-state index in [4.69, 9.17) is 15.9 Å². The molecule has 0 unspecified atom stereocenters. The monoisotopic (exact) mass is 434 g/mol. The molecule has 1 aliphatic heterocycles. The molecule has 2 aromatic carbocycles. The third kappa shape index (κ3) is 3.54. The number of nitrogens with one attached hydrogen (secondary N) is 1.